The Morgan fingerprint density at radius 1 is 1.52 bits per heavy atom. The molecule has 0 spiro atoms. The summed E-state index contributed by atoms with van der Waals surface area (Å²) >= 11 is 0. The van der Waals surface area contributed by atoms with E-state index in [1.54, 1.807) is 12.1 Å². The number of anilines is 1. The maximum atomic E-state index is 11.0. The van der Waals surface area contributed by atoms with Crippen molar-refractivity contribution in [3.63, 3.8) is 0 Å². The van der Waals surface area contributed by atoms with Crippen molar-refractivity contribution in [1.29, 1.82) is 0 Å². The lowest BCUT2D eigenvalue weighted by molar-refractivity contribution is -0.385. The van der Waals surface area contributed by atoms with Crippen molar-refractivity contribution >= 4 is 23.4 Å². The van der Waals surface area contributed by atoms with Gasteiger partial charge >= 0.3 is 5.97 Å². The first-order chi connectivity index (χ1) is 9.85. The van der Waals surface area contributed by atoms with Gasteiger partial charge < -0.3 is 10.0 Å². The number of nitro groups is 1. The maximum absolute atomic E-state index is 11.0. The average Bonchev–Trinajstić information content (AvgIpc) is 2.41. The smallest absolute Gasteiger partial charge is 0.328 e. The van der Waals surface area contributed by atoms with E-state index in [0.717, 1.165) is 17.3 Å². The first-order valence-electron chi connectivity index (χ1n) is 6.44. The molecular formula is C15H18N2O4. The fraction of sp³-hybridized carbons (Fsp3) is 0.267. The van der Waals surface area contributed by atoms with Crippen molar-refractivity contribution < 1.29 is 14.8 Å². The number of rotatable bonds is 7. The van der Waals surface area contributed by atoms with Crippen LogP contribution in [0, 0.1) is 10.1 Å². The lowest BCUT2D eigenvalue weighted by atomic mass is 10.1. The van der Waals surface area contributed by atoms with E-state index in [1.165, 1.54) is 12.1 Å². The third kappa shape index (κ3) is 4.76. The van der Waals surface area contributed by atoms with Crippen LogP contribution in [0.2, 0.25) is 0 Å². The molecule has 0 aliphatic carbocycles. The molecule has 0 fully saturated rings. The molecule has 6 heteroatoms. The minimum Gasteiger partial charge on any atom is -0.478 e. The monoisotopic (exact) mass is 290 g/mol. The van der Waals surface area contributed by atoms with Crippen molar-refractivity contribution in [2.45, 2.75) is 13.8 Å². The third-order valence-electron chi connectivity index (χ3n) is 2.82. The van der Waals surface area contributed by atoms with Crippen LogP contribution in [-0.4, -0.2) is 29.1 Å². The molecule has 0 aliphatic rings. The summed E-state index contributed by atoms with van der Waals surface area (Å²) < 4.78 is 0. The highest BCUT2D eigenvalue weighted by molar-refractivity contribution is 5.86. The van der Waals surface area contributed by atoms with E-state index >= 15 is 0 Å². The van der Waals surface area contributed by atoms with Crippen molar-refractivity contribution in [2.75, 3.05) is 18.0 Å². The van der Waals surface area contributed by atoms with Gasteiger partial charge in [0.05, 0.1) is 10.5 Å². The van der Waals surface area contributed by atoms with Gasteiger partial charge in [-0.3, -0.25) is 10.1 Å². The molecule has 1 aromatic rings. The third-order valence-corrected chi connectivity index (χ3v) is 2.82. The largest absolute Gasteiger partial charge is 0.478 e. The molecule has 0 unspecified atom stereocenters. The first kappa shape index (κ1) is 16.4. The van der Waals surface area contributed by atoms with Crippen LogP contribution in [0.25, 0.3) is 6.08 Å². The molecule has 6 nitrogen and oxygen atoms in total. The molecule has 0 amide bonds. The van der Waals surface area contributed by atoms with Gasteiger partial charge in [0.1, 0.15) is 0 Å². The number of hydrogen-bond donors (Lipinski definition) is 1. The Labute approximate surface area is 123 Å². The number of carbonyl (C=O) groups is 1. The Balaban J connectivity index is 3.25. The zero-order valence-corrected chi connectivity index (χ0v) is 12.1. The molecule has 1 rings (SSSR count). The summed E-state index contributed by atoms with van der Waals surface area (Å²) in [4.78, 5) is 23.1. The SMILES string of the molecule is C=C(C)CN(CC)c1ccc([N+](=O)[O-])c(/C=C/C(=O)O)c1. The van der Waals surface area contributed by atoms with Gasteiger partial charge in [0, 0.05) is 30.9 Å². The molecule has 112 valence electrons. The van der Waals surface area contributed by atoms with Crippen LogP contribution < -0.4 is 4.90 Å². The molecule has 0 aromatic heterocycles. The fourth-order valence-corrected chi connectivity index (χ4v) is 1.91. The quantitative estimate of drug-likeness (QED) is 0.361. The van der Waals surface area contributed by atoms with Gasteiger partial charge in [-0.05, 0) is 32.1 Å². The second kappa shape index (κ2) is 7.23. The summed E-state index contributed by atoms with van der Waals surface area (Å²) in [6.07, 6.45) is 2.12. The summed E-state index contributed by atoms with van der Waals surface area (Å²) in [7, 11) is 0. The molecule has 0 bridgehead atoms. The van der Waals surface area contributed by atoms with Crippen LogP contribution in [-0.2, 0) is 4.79 Å². The van der Waals surface area contributed by atoms with Gasteiger partial charge in [0.2, 0.25) is 0 Å². The van der Waals surface area contributed by atoms with E-state index in [-0.39, 0.29) is 11.3 Å². The molecule has 1 N–H and O–H groups in total. The molecule has 0 atom stereocenters. The first-order valence-corrected chi connectivity index (χ1v) is 6.44. The summed E-state index contributed by atoms with van der Waals surface area (Å²) in [6.45, 7) is 9.08. The number of carboxylic acids is 1. The summed E-state index contributed by atoms with van der Waals surface area (Å²) in [5.41, 5.74) is 1.90. The van der Waals surface area contributed by atoms with Crippen LogP contribution in [0.15, 0.2) is 36.4 Å². The molecule has 0 saturated heterocycles. The van der Waals surface area contributed by atoms with Gasteiger partial charge in [-0.2, -0.15) is 0 Å². The van der Waals surface area contributed by atoms with Crippen molar-refractivity contribution in [3.8, 4) is 0 Å². The lowest BCUT2D eigenvalue weighted by Crippen LogP contribution is -2.24. The standard InChI is InChI=1S/C15H18N2O4/c1-4-16(10-11(2)3)13-6-7-14(17(20)21)12(9-13)5-8-15(18)19/h5-9H,2,4,10H2,1,3H3,(H,18,19)/b8-5+. The Kier molecular flexibility index (Phi) is 5.66. The molecule has 0 saturated carbocycles. The molecular weight excluding hydrogens is 272 g/mol. The number of benzene rings is 1. The number of aliphatic carboxylic acids is 1. The predicted molar refractivity (Wildman–Crippen MR) is 82.5 cm³/mol. The Morgan fingerprint density at radius 2 is 2.19 bits per heavy atom. The molecule has 0 radical (unpaired) electrons. The molecule has 1 aromatic carbocycles. The van der Waals surface area contributed by atoms with Gasteiger partial charge in [-0.15, -0.1) is 0 Å². The summed E-state index contributed by atoms with van der Waals surface area (Å²) in [5.74, 6) is -1.15. The zero-order valence-electron chi connectivity index (χ0n) is 12.1. The number of nitro benzene ring substituents is 1. The highest BCUT2D eigenvalue weighted by Crippen LogP contribution is 2.26. The van der Waals surface area contributed by atoms with Crippen molar-refractivity contribution in [2.24, 2.45) is 0 Å². The van der Waals surface area contributed by atoms with Crippen molar-refractivity contribution in [1.82, 2.24) is 0 Å². The van der Waals surface area contributed by atoms with Crippen LogP contribution in [0.1, 0.15) is 19.4 Å². The topological polar surface area (TPSA) is 83.7 Å². The van der Waals surface area contributed by atoms with Crippen LogP contribution in [0.4, 0.5) is 11.4 Å². The van der Waals surface area contributed by atoms with Crippen molar-refractivity contribution in [3.05, 3.63) is 52.1 Å². The van der Waals surface area contributed by atoms with Gasteiger partial charge in [-0.1, -0.05) is 12.2 Å². The molecule has 0 heterocycles. The molecule has 0 aliphatic heterocycles. The van der Waals surface area contributed by atoms with Crippen LogP contribution in [0.3, 0.4) is 0 Å². The number of likely N-dealkylation sites (N-methyl/N-ethyl adjacent to an activating group) is 1. The van der Waals surface area contributed by atoms with Gasteiger partial charge in [0.15, 0.2) is 0 Å². The van der Waals surface area contributed by atoms with Crippen LogP contribution >= 0.6 is 0 Å². The number of carboxylic acid groups (broad SMARTS) is 1. The highest BCUT2D eigenvalue weighted by atomic mass is 16.6. The summed E-state index contributed by atoms with van der Waals surface area (Å²) in [5, 5.41) is 19.7. The minimum atomic E-state index is -1.15. The van der Waals surface area contributed by atoms with E-state index in [1.807, 2.05) is 18.7 Å². The van der Waals surface area contributed by atoms with E-state index in [0.29, 0.717) is 13.1 Å². The Bertz CT molecular complexity index is 593. The Morgan fingerprint density at radius 3 is 2.67 bits per heavy atom. The normalized spacial score (nSPS) is 10.6. The summed E-state index contributed by atoms with van der Waals surface area (Å²) in [6, 6.07) is 4.66. The highest BCUT2D eigenvalue weighted by Gasteiger charge is 2.14. The zero-order chi connectivity index (χ0) is 16.0. The molecule has 21 heavy (non-hydrogen) atoms. The minimum absolute atomic E-state index is 0.123. The number of hydrogen-bond acceptors (Lipinski definition) is 4. The lowest BCUT2D eigenvalue weighted by Gasteiger charge is -2.23. The number of nitrogens with zero attached hydrogens (tertiary/aromatic N) is 2. The Hall–Kier alpha value is -2.63. The van der Waals surface area contributed by atoms with Crippen LogP contribution in [0.5, 0.6) is 0 Å². The second-order valence-corrected chi connectivity index (χ2v) is 4.64. The second-order valence-electron chi connectivity index (χ2n) is 4.64. The average molecular weight is 290 g/mol. The van der Waals surface area contributed by atoms with Gasteiger partial charge in [-0.25, -0.2) is 4.79 Å². The fourth-order valence-electron chi connectivity index (χ4n) is 1.91. The predicted octanol–water partition coefficient (Wildman–Crippen LogP) is 3.10. The van der Waals surface area contributed by atoms with E-state index < -0.39 is 10.9 Å². The van der Waals surface area contributed by atoms with E-state index in [2.05, 4.69) is 6.58 Å². The van der Waals surface area contributed by atoms with E-state index in [4.69, 9.17) is 5.11 Å². The van der Waals surface area contributed by atoms with E-state index in [9.17, 15) is 14.9 Å². The maximum Gasteiger partial charge on any atom is 0.328 e. The van der Waals surface area contributed by atoms with Gasteiger partial charge in [0.25, 0.3) is 5.69 Å².